The largest absolute Gasteiger partial charge is 0.487 e. The summed E-state index contributed by atoms with van der Waals surface area (Å²) in [4.78, 5) is 21.4. The van der Waals surface area contributed by atoms with Crippen LogP contribution in [-0.4, -0.2) is 79.7 Å². The zero-order valence-electron chi connectivity index (χ0n) is 17.7. The van der Waals surface area contributed by atoms with E-state index < -0.39 is 0 Å². The van der Waals surface area contributed by atoms with E-state index in [1.807, 2.05) is 36.1 Å². The molecular formula is C21H32ClIN4O3. The normalized spacial score (nSPS) is 20.5. The van der Waals surface area contributed by atoms with Crippen molar-refractivity contribution in [2.24, 2.45) is 4.99 Å². The van der Waals surface area contributed by atoms with E-state index in [0.717, 1.165) is 38.4 Å². The zero-order valence-corrected chi connectivity index (χ0v) is 20.8. The van der Waals surface area contributed by atoms with Gasteiger partial charge in [-0.3, -0.25) is 4.79 Å². The predicted octanol–water partition coefficient (Wildman–Crippen LogP) is 3.01. The van der Waals surface area contributed by atoms with Crippen LogP contribution in [0.3, 0.4) is 0 Å². The van der Waals surface area contributed by atoms with Crippen LogP contribution in [0.1, 0.15) is 26.7 Å². The summed E-state index contributed by atoms with van der Waals surface area (Å²) in [5, 5.41) is 3.95. The maximum absolute atomic E-state index is 12.5. The number of carbonyl (C=O) groups is 1. The summed E-state index contributed by atoms with van der Waals surface area (Å²) in [7, 11) is 0. The topological polar surface area (TPSA) is 66.4 Å². The number of amides is 1. The smallest absolute Gasteiger partial charge is 0.251 e. The molecular weight excluding hydrogens is 519 g/mol. The van der Waals surface area contributed by atoms with Crippen LogP contribution in [0, 0.1) is 0 Å². The van der Waals surface area contributed by atoms with Gasteiger partial charge in [-0.25, -0.2) is 4.99 Å². The molecule has 0 bridgehead atoms. The molecule has 1 amide bonds. The van der Waals surface area contributed by atoms with Crippen LogP contribution in [0.2, 0.25) is 5.02 Å². The summed E-state index contributed by atoms with van der Waals surface area (Å²) in [5.41, 5.74) is 0. The van der Waals surface area contributed by atoms with E-state index in [2.05, 4.69) is 17.1 Å². The van der Waals surface area contributed by atoms with Gasteiger partial charge in [0.1, 0.15) is 18.0 Å². The minimum Gasteiger partial charge on any atom is -0.487 e. The first-order chi connectivity index (χ1) is 14.1. The lowest BCUT2D eigenvalue weighted by atomic mass is 10.2. The molecule has 0 saturated carbocycles. The number of rotatable bonds is 6. The monoisotopic (exact) mass is 550 g/mol. The lowest BCUT2D eigenvalue weighted by Crippen LogP contribution is -2.55. The Kier molecular flexibility index (Phi) is 10.5. The van der Waals surface area contributed by atoms with Crippen molar-refractivity contribution in [1.82, 2.24) is 15.1 Å². The molecule has 30 heavy (non-hydrogen) atoms. The highest BCUT2D eigenvalue weighted by molar-refractivity contribution is 14.0. The summed E-state index contributed by atoms with van der Waals surface area (Å²) >= 11 is 6.17. The Morgan fingerprint density at radius 1 is 1.30 bits per heavy atom. The van der Waals surface area contributed by atoms with Crippen LogP contribution in [0.4, 0.5) is 0 Å². The number of ether oxygens (including phenoxy) is 2. The van der Waals surface area contributed by atoms with Crippen LogP contribution in [0.25, 0.3) is 0 Å². The second-order valence-electron chi connectivity index (χ2n) is 7.37. The van der Waals surface area contributed by atoms with E-state index in [9.17, 15) is 4.79 Å². The van der Waals surface area contributed by atoms with Crippen molar-refractivity contribution in [2.45, 2.75) is 38.9 Å². The molecule has 7 nitrogen and oxygen atoms in total. The number of hydrogen-bond donors (Lipinski definition) is 1. The van der Waals surface area contributed by atoms with Crippen LogP contribution in [0.5, 0.6) is 5.75 Å². The van der Waals surface area contributed by atoms with Gasteiger partial charge < -0.3 is 24.6 Å². The second kappa shape index (κ2) is 12.6. The van der Waals surface area contributed by atoms with E-state index in [0.29, 0.717) is 37.0 Å². The van der Waals surface area contributed by atoms with Crippen molar-refractivity contribution in [3.05, 3.63) is 29.3 Å². The highest BCUT2D eigenvalue weighted by Gasteiger charge is 2.30. The Morgan fingerprint density at radius 3 is 2.63 bits per heavy atom. The number of aliphatic imine (C=N–C) groups is 1. The Bertz CT molecular complexity index is 707. The Morgan fingerprint density at radius 2 is 2.00 bits per heavy atom. The molecule has 1 aromatic rings. The minimum absolute atomic E-state index is 0. The van der Waals surface area contributed by atoms with Gasteiger partial charge in [0.2, 0.25) is 0 Å². The highest BCUT2D eigenvalue weighted by atomic mass is 127. The second-order valence-corrected chi connectivity index (χ2v) is 7.77. The number of nitrogens with one attached hydrogen (secondary N) is 1. The SMILES string of the molecule is CCNC(=NCC(C)Oc1ccccc1Cl)N1CCN(C(=O)C2CCCO2)CC1.I. The van der Waals surface area contributed by atoms with Gasteiger partial charge in [0.25, 0.3) is 5.91 Å². The molecule has 9 heteroatoms. The van der Waals surface area contributed by atoms with Crippen molar-refractivity contribution in [3.8, 4) is 5.75 Å². The lowest BCUT2D eigenvalue weighted by molar-refractivity contribution is -0.142. The van der Waals surface area contributed by atoms with Gasteiger partial charge in [0, 0.05) is 39.3 Å². The van der Waals surface area contributed by atoms with Crippen LogP contribution in [0.15, 0.2) is 29.3 Å². The third-order valence-corrected chi connectivity index (χ3v) is 5.41. The first kappa shape index (κ1) is 25.0. The van der Waals surface area contributed by atoms with E-state index in [-0.39, 0.29) is 42.1 Å². The summed E-state index contributed by atoms with van der Waals surface area (Å²) < 4.78 is 11.5. The Balaban J connectivity index is 0.00000320. The number of para-hydroxylation sites is 1. The number of nitrogens with zero attached hydrogens (tertiary/aromatic N) is 3. The Hall–Kier alpha value is -1.26. The van der Waals surface area contributed by atoms with Crippen LogP contribution < -0.4 is 10.1 Å². The molecule has 0 aromatic heterocycles. The van der Waals surface area contributed by atoms with Crippen molar-refractivity contribution in [3.63, 3.8) is 0 Å². The maximum atomic E-state index is 12.5. The molecule has 168 valence electrons. The average molecular weight is 551 g/mol. The van der Waals surface area contributed by atoms with Crippen LogP contribution in [-0.2, 0) is 9.53 Å². The molecule has 0 radical (unpaired) electrons. The fraction of sp³-hybridized carbons (Fsp3) is 0.619. The number of piperazine rings is 1. The van der Waals surface area contributed by atoms with Crippen molar-refractivity contribution in [2.75, 3.05) is 45.9 Å². The molecule has 0 spiro atoms. The summed E-state index contributed by atoms with van der Waals surface area (Å²) in [6.45, 7) is 8.92. The van der Waals surface area contributed by atoms with E-state index in [1.54, 1.807) is 0 Å². The fourth-order valence-electron chi connectivity index (χ4n) is 3.55. The van der Waals surface area contributed by atoms with Gasteiger partial charge in [-0.15, -0.1) is 24.0 Å². The van der Waals surface area contributed by atoms with Gasteiger partial charge >= 0.3 is 0 Å². The molecule has 2 saturated heterocycles. The maximum Gasteiger partial charge on any atom is 0.251 e. The van der Waals surface area contributed by atoms with Crippen molar-refractivity contribution in [1.29, 1.82) is 0 Å². The molecule has 2 unspecified atom stereocenters. The number of benzene rings is 1. The number of guanidine groups is 1. The van der Waals surface area contributed by atoms with Crippen LogP contribution >= 0.6 is 35.6 Å². The van der Waals surface area contributed by atoms with Gasteiger partial charge in [0.05, 0.1) is 11.6 Å². The molecule has 2 fully saturated rings. The third-order valence-electron chi connectivity index (χ3n) is 5.09. The van der Waals surface area contributed by atoms with E-state index >= 15 is 0 Å². The van der Waals surface area contributed by atoms with Gasteiger partial charge in [0.15, 0.2) is 5.96 Å². The van der Waals surface area contributed by atoms with E-state index in [1.165, 1.54) is 0 Å². The van der Waals surface area contributed by atoms with Gasteiger partial charge in [-0.2, -0.15) is 0 Å². The predicted molar refractivity (Wildman–Crippen MR) is 130 cm³/mol. The third kappa shape index (κ3) is 6.88. The molecule has 1 N–H and O–H groups in total. The molecule has 3 rings (SSSR count). The molecule has 2 heterocycles. The number of halogens is 2. The lowest BCUT2D eigenvalue weighted by Gasteiger charge is -2.37. The molecule has 2 atom stereocenters. The molecule has 1 aromatic carbocycles. The standard InChI is InChI=1S/C21H31ClN4O3.HI/c1-3-23-21(24-15-16(2)29-18-8-5-4-7-17(18)22)26-12-10-25(11-13-26)20(27)19-9-6-14-28-19;/h4-5,7-8,16,19H,3,6,9-15H2,1-2H3,(H,23,24);1H. The van der Waals surface area contributed by atoms with Gasteiger partial charge in [-0.05, 0) is 38.8 Å². The number of carbonyl (C=O) groups excluding carboxylic acids is 1. The summed E-state index contributed by atoms with van der Waals surface area (Å²) in [5.74, 6) is 1.65. The van der Waals surface area contributed by atoms with Crippen molar-refractivity contribution < 1.29 is 14.3 Å². The molecule has 0 aliphatic carbocycles. The number of hydrogen-bond acceptors (Lipinski definition) is 4. The minimum atomic E-state index is -0.244. The first-order valence-electron chi connectivity index (χ1n) is 10.4. The molecule has 2 aliphatic heterocycles. The zero-order chi connectivity index (χ0) is 20.6. The fourth-order valence-corrected chi connectivity index (χ4v) is 3.73. The summed E-state index contributed by atoms with van der Waals surface area (Å²) in [6, 6.07) is 7.45. The highest BCUT2D eigenvalue weighted by Crippen LogP contribution is 2.24. The first-order valence-corrected chi connectivity index (χ1v) is 10.8. The molecule has 2 aliphatic rings. The Labute approximate surface area is 201 Å². The summed E-state index contributed by atoms with van der Waals surface area (Å²) in [6.07, 6.45) is 1.46. The van der Waals surface area contributed by atoms with Gasteiger partial charge in [-0.1, -0.05) is 23.7 Å². The average Bonchev–Trinajstić information content (AvgIpc) is 3.27. The quantitative estimate of drug-likeness (QED) is 0.335. The van der Waals surface area contributed by atoms with E-state index in [4.69, 9.17) is 26.1 Å². The van der Waals surface area contributed by atoms with Crippen molar-refractivity contribution >= 4 is 47.4 Å².